The molecule has 2 rings (SSSR count). The van der Waals surface area contributed by atoms with E-state index in [1.807, 2.05) is 0 Å². The summed E-state index contributed by atoms with van der Waals surface area (Å²) in [7, 11) is -3.80. The highest BCUT2D eigenvalue weighted by Gasteiger charge is 2.20. The van der Waals surface area contributed by atoms with Crippen molar-refractivity contribution in [2.45, 2.75) is 11.5 Å². The summed E-state index contributed by atoms with van der Waals surface area (Å²) in [5, 5.41) is 9.28. The van der Waals surface area contributed by atoms with E-state index in [1.54, 1.807) is 30.3 Å². The summed E-state index contributed by atoms with van der Waals surface area (Å²) < 4.78 is 29.5. The van der Waals surface area contributed by atoms with Crippen LogP contribution >= 0.6 is 47.8 Å². The number of rotatable bonds is 4. The first-order valence-electron chi connectivity index (χ1n) is 5.71. The highest BCUT2D eigenvalue weighted by Crippen LogP contribution is 2.36. The van der Waals surface area contributed by atoms with Gasteiger partial charge in [-0.1, -0.05) is 34.1 Å². The van der Waals surface area contributed by atoms with Crippen LogP contribution in [0.4, 0.5) is 5.69 Å². The fourth-order valence-electron chi connectivity index (χ4n) is 1.73. The summed E-state index contributed by atoms with van der Waals surface area (Å²) in [5.74, 6) is 0. The molecule has 2 aromatic carbocycles. The molecule has 0 fully saturated rings. The largest absolute Gasteiger partial charge is 0.392 e. The number of nitrogens with one attached hydrogen (secondary N) is 1. The van der Waals surface area contributed by atoms with Crippen LogP contribution in [-0.4, -0.2) is 13.5 Å². The van der Waals surface area contributed by atoms with Crippen molar-refractivity contribution in [3.8, 4) is 0 Å². The molecule has 0 aliphatic heterocycles. The van der Waals surface area contributed by atoms with Crippen LogP contribution in [0.2, 0.25) is 0 Å². The second-order valence-electron chi connectivity index (χ2n) is 4.12. The van der Waals surface area contributed by atoms with Crippen molar-refractivity contribution in [2.75, 3.05) is 4.72 Å². The monoisotopic (exact) mass is 497 g/mol. The molecule has 0 bridgehead atoms. The summed E-state index contributed by atoms with van der Waals surface area (Å²) in [6.07, 6.45) is 0. The normalized spacial score (nSPS) is 11.4. The summed E-state index contributed by atoms with van der Waals surface area (Å²) in [6, 6.07) is 9.78. The van der Waals surface area contributed by atoms with Gasteiger partial charge in [0.15, 0.2) is 0 Å². The van der Waals surface area contributed by atoms with Gasteiger partial charge in [-0.25, -0.2) is 8.42 Å². The molecule has 0 saturated heterocycles. The Bertz CT molecular complexity index is 755. The van der Waals surface area contributed by atoms with Crippen molar-refractivity contribution in [3.05, 3.63) is 55.4 Å². The van der Waals surface area contributed by atoms with Crippen molar-refractivity contribution < 1.29 is 13.5 Å². The number of hydrogen-bond acceptors (Lipinski definition) is 3. The lowest BCUT2D eigenvalue weighted by Gasteiger charge is -2.14. The molecule has 0 saturated carbocycles. The van der Waals surface area contributed by atoms with Crippen molar-refractivity contribution in [1.82, 2.24) is 0 Å². The van der Waals surface area contributed by atoms with E-state index in [0.717, 1.165) is 4.47 Å². The average Bonchev–Trinajstić information content (AvgIpc) is 2.43. The molecular formula is C13H10Br3NO3S. The van der Waals surface area contributed by atoms with E-state index in [0.29, 0.717) is 20.2 Å². The first kappa shape index (κ1) is 17.0. The van der Waals surface area contributed by atoms with Crippen LogP contribution in [0.1, 0.15) is 5.56 Å². The average molecular weight is 500 g/mol. The van der Waals surface area contributed by atoms with Crippen LogP contribution in [0.3, 0.4) is 0 Å². The standard InChI is InChI=1S/C13H10Br3NO3S/c14-9-5-10(15)13(11(16)6-9)17-21(19,20)12-4-2-1-3-8(12)7-18/h1-6,17-18H,7H2. The van der Waals surface area contributed by atoms with Gasteiger partial charge in [0, 0.05) is 13.4 Å². The van der Waals surface area contributed by atoms with E-state index in [4.69, 9.17) is 0 Å². The van der Waals surface area contributed by atoms with Gasteiger partial charge >= 0.3 is 0 Å². The Hall–Kier alpha value is -0.410. The Kier molecular flexibility index (Phi) is 5.48. The fourth-order valence-corrected chi connectivity index (χ4v) is 5.78. The summed E-state index contributed by atoms with van der Waals surface area (Å²) in [4.78, 5) is 0.0502. The Morgan fingerprint density at radius 3 is 2.19 bits per heavy atom. The third-order valence-electron chi connectivity index (χ3n) is 2.68. The third-order valence-corrected chi connectivity index (χ3v) is 5.83. The number of benzene rings is 2. The highest BCUT2D eigenvalue weighted by atomic mass is 79.9. The molecule has 2 aromatic rings. The Morgan fingerprint density at radius 1 is 1.05 bits per heavy atom. The van der Waals surface area contributed by atoms with Gasteiger partial charge in [-0.3, -0.25) is 4.72 Å². The molecule has 2 N–H and O–H groups in total. The van der Waals surface area contributed by atoms with Gasteiger partial charge < -0.3 is 5.11 Å². The lowest BCUT2D eigenvalue weighted by molar-refractivity contribution is 0.278. The maximum Gasteiger partial charge on any atom is 0.262 e. The van der Waals surface area contributed by atoms with Gasteiger partial charge in [0.2, 0.25) is 0 Å². The van der Waals surface area contributed by atoms with Gasteiger partial charge in [-0.2, -0.15) is 0 Å². The molecule has 0 spiro atoms. The molecule has 0 radical (unpaired) electrons. The van der Waals surface area contributed by atoms with Crippen molar-refractivity contribution >= 4 is 63.5 Å². The Labute approximate surface area is 148 Å². The van der Waals surface area contributed by atoms with E-state index in [-0.39, 0.29) is 11.5 Å². The molecule has 0 amide bonds. The van der Waals surface area contributed by atoms with E-state index in [9.17, 15) is 13.5 Å². The molecule has 0 aliphatic carbocycles. The molecule has 8 heteroatoms. The minimum Gasteiger partial charge on any atom is -0.392 e. The topological polar surface area (TPSA) is 66.4 Å². The number of aliphatic hydroxyl groups excluding tert-OH is 1. The number of aliphatic hydroxyl groups is 1. The first-order chi connectivity index (χ1) is 9.85. The lowest BCUT2D eigenvalue weighted by atomic mass is 10.2. The first-order valence-corrected chi connectivity index (χ1v) is 9.57. The molecular weight excluding hydrogens is 490 g/mol. The van der Waals surface area contributed by atoms with Gasteiger partial charge in [0.1, 0.15) is 0 Å². The van der Waals surface area contributed by atoms with Crippen molar-refractivity contribution in [2.24, 2.45) is 0 Å². The minimum atomic E-state index is -3.80. The van der Waals surface area contributed by atoms with Crippen LogP contribution < -0.4 is 4.72 Å². The van der Waals surface area contributed by atoms with Crippen molar-refractivity contribution in [3.63, 3.8) is 0 Å². The summed E-state index contributed by atoms with van der Waals surface area (Å²) in [5.41, 5.74) is 0.736. The molecule has 4 nitrogen and oxygen atoms in total. The second-order valence-corrected chi connectivity index (χ2v) is 8.39. The molecule has 0 aliphatic rings. The number of sulfonamides is 1. The smallest absolute Gasteiger partial charge is 0.262 e. The maximum absolute atomic E-state index is 12.5. The minimum absolute atomic E-state index is 0.0502. The predicted molar refractivity (Wildman–Crippen MR) is 92.7 cm³/mol. The molecule has 0 heterocycles. The maximum atomic E-state index is 12.5. The zero-order chi connectivity index (χ0) is 15.6. The number of anilines is 1. The highest BCUT2D eigenvalue weighted by molar-refractivity contribution is 9.11. The second kappa shape index (κ2) is 6.78. The zero-order valence-electron chi connectivity index (χ0n) is 10.5. The van der Waals surface area contributed by atoms with Gasteiger partial charge in [-0.05, 0) is 55.6 Å². The van der Waals surface area contributed by atoms with Gasteiger partial charge in [0.25, 0.3) is 10.0 Å². The predicted octanol–water partition coefficient (Wildman–Crippen LogP) is 4.27. The van der Waals surface area contributed by atoms with E-state index >= 15 is 0 Å². The van der Waals surface area contributed by atoms with E-state index < -0.39 is 10.0 Å². The van der Waals surface area contributed by atoms with Crippen LogP contribution in [0.15, 0.2) is 54.7 Å². The number of hydrogen-bond donors (Lipinski definition) is 2. The number of halogens is 3. The molecule has 21 heavy (non-hydrogen) atoms. The molecule has 0 atom stereocenters. The molecule has 0 unspecified atom stereocenters. The molecule has 112 valence electrons. The van der Waals surface area contributed by atoms with Crippen LogP contribution in [0.5, 0.6) is 0 Å². The Morgan fingerprint density at radius 2 is 1.62 bits per heavy atom. The van der Waals surface area contributed by atoms with Crippen LogP contribution in [-0.2, 0) is 16.6 Å². The van der Waals surface area contributed by atoms with E-state index in [2.05, 4.69) is 52.5 Å². The fraction of sp³-hybridized carbons (Fsp3) is 0.0769. The van der Waals surface area contributed by atoms with Gasteiger partial charge in [0.05, 0.1) is 17.2 Å². The molecule has 0 aromatic heterocycles. The van der Waals surface area contributed by atoms with Crippen LogP contribution in [0, 0.1) is 0 Å². The summed E-state index contributed by atoms with van der Waals surface area (Å²) >= 11 is 9.97. The Balaban J connectivity index is 2.48. The van der Waals surface area contributed by atoms with Crippen molar-refractivity contribution in [1.29, 1.82) is 0 Å². The third kappa shape index (κ3) is 3.87. The van der Waals surface area contributed by atoms with Crippen LogP contribution in [0.25, 0.3) is 0 Å². The van der Waals surface area contributed by atoms with Gasteiger partial charge in [-0.15, -0.1) is 0 Å². The SMILES string of the molecule is O=S(=O)(Nc1c(Br)cc(Br)cc1Br)c1ccccc1CO. The zero-order valence-corrected chi connectivity index (χ0v) is 16.1. The van der Waals surface area contributed by atoms with E-state index in [1.165, 1.54) is 6.07 Å². The summed E-state index contributed by atoms with van der Waals surface area (Å²) in [6.45, 7) is -0.347. The lowest BCUT2D eigenvalue weighted by Crippen LogP contribution is -2.15. The quantitative estimate of drug-likeness (QED) is 0.660.